The molecule has 1 N–H and O–H groups in total. The van der Waals surface area contributed by atoms with Crippen LogP contribution in [0.15, 0.2) is 0 Å². The first kappa shape index (κ1) is 10.6. The van der Waals surface area contributed by atoms with Crippen LogP contribution in [0.4, 0.5) is 0 Å². The van der Waals surface area contributed by atoms with Gasteiger partial charge in [-0.1, -0.05) is 12.8 Å². The Kier molecular flexibility index (Phi) is 4.88. The van der Waals surface area contributed by atoms with Crippen molar-refractivity contribution in [1.29, 1.82) is 0 Å². The Bertz CT molecular complexity index is 173. The molecule has 2 atom stereocenters. The van der Waals surface area contributed by atoms with E-state index in [0.717, 1.165) is 13.0 Å². The van der Waals surface area contributed by atoms with Crippen LogP contribution in [0.3, 0.4) is 0 Å². The molecule has 0 amide bonds. The molecule has 0 radical (unpaired) electrons. The van der Waals surface area contributed by atoms with Gasteiger partial charge in [0, 0.05) is 26.1 Å². The quantitative estimate of drug-likeness (QED) is 0.525. The molecule has 1 fully saturated rings. The summed E-state index contributed by atoms with van der Waals surface area (Å²) in [5.74, 6) is 2.64. The van der Waals surface area contributed by atoms with E-state index in [-0.39, 0.29) is 0 Å². The fraction of sp³-hybridized carbons (Fsp3) is 0.818. The van der Waals surface area contributed by atoms with Gasteiger partial charge in [0.2, 0.25) is 0 Å². The van der Waals surface area contributed by atoms with E-state index in [2.05, 4.69) is 11.2 Å². The summed E-state index contributed by atoms with van der Waals surface area (Å²) < 4.78 is 5.42. The summed E-state index contributed by atoms with van der Waals surface area (Å²) in [6.45, 7) is 0.918. The van der Waals surface area contributed by atoms with Crippen LogP contribution in [-0.4, -0.2) is 25.8 Å². The van der Waals surface area contributed by atoms with E-state index in [9.17, 15) is 0 Å². The lowest BCUT2D eigenvalue weighted by Crippen LogP contribution is -2.43. The third-order valence-corrected chi connectivity index (χ3v) is 2.68. The number of methoxy groups -OCH3 is 1. The van der Waals surface area contributed by atoms with Crippen LogP contribution >= 0.6 is 0 Å². The van der Waals surface area contributed by atoms with E-state index >= 15 is 0 Å². The van der Waals surface area contributed by atoms with Gasteiger partial charge in [-0.05, 0) is 12.8 Å². The minimum Gasteiger partial charge on any atom is -0.380 e. The summed E-state index contributed by atoms with van der Waals surface area (Å²) in [4.78, 5) is 0. The summed E-state index contributed by atoms with van der Waals surface area (Å²) in [6.07, 6.45) is 11.4. The van der Waals surface area contributed by atoms with Gasteiger partial charge < -0.3 is 10.1 Å². The van der Waals surface area contributed by atoms with Crippen LogP contribution in [0, 0.1) is 12.3 Å². The number of nitrogens with one attached hydrogen (secondary N) is 1. The lowest BCUT2D eigenvalue weighted by Gasteiger charge is -2.31. The van der Waals surface area contributed by atoms with Crippen LogP contribution in [0.2, 0.25) is 0 Å². The molecule has 1 aliphatic carbocycles. The normalized spacial score (nSPS) is 28.3. The molecule has 13 heavy (non-hydrogen) atoms. The lowest BCUT2D eigenvalue weighted by molar-refractivity contribution is 0.0422. The Labute approximate surface area is 81.0 Å². The van der Waals surface area contributed by atoms with Crippen molar-refractivity contribution < 1.29 is 4.74 Å². The molecule has 1 saturated carbocycles. The number of hydrogen-bond acceptors (Lipinski definition) is 2. The van der Waals surface area contributed by atoms with Crippen LogP contribution in [0.1, 0.15) is 32.1 Å². The van der Waals surface area contributed by atoms with Gasteiger partial charge in [-0.3, -0.25) is 0 Å². The molecule has 0 aromatic carbocycles. The molecular weight excluding hydrogens is 162 g/mol. The van der Waals surface area contributed by atoms with E-state index in [1.165, 1.54) is 25.7 Å². The largest absolute Gasteiger partial charge is 0.380 e. The fourth-order valence-electron chi connectivity index (χ4n) is 1.94. The molecule has 2 nitrogen and oxygen atoms in total. The molecule has 0 saturated heterocycles. The Morgan fingerprint density at radius 1 is 1.46 bits per heavy atom. The first-order valence-electron chi connectivity index (χ1n) is 5.08. The SMILES string of the molecule is C#CCCNC1CCCCC1OC. The highest BCUT2D eigenvalue weighted by Gasteiger charge is 2.23. The second-order valence-electron chi connectivity index (χ2n) is 3.57. The first-order valence-corrected chi connectivity index (χ1v) is 5.08. The van der Waals surface area contributed by atoms with Gasteiger partial charge in [0.15, 0.2) is 0 Å². The van der Waals surface area contributed by atoms with Gasteiger partial charge in [0.25, 0.3) is 0 Å². The zero-order chi connectivity index (χ0) is 9.52. The smallest absolute Gasteiger partial charge is 0.0724 e. The van der Waals surface area contributed by atoms with Gasteiger partial charge in [-0.25, -0.2) is 0 Å². The first-order chi connectivity index (χ1) is 6.38. The van der Waals surface area contributed by atoms with Gasteiger partial charge in [-0.2, -0.15) is 0 Å². The van der Waals surface area contributed by atoms with Crippen LogP contribution in [-0.2, 0) is 4.74 Å². The molecule has 0 spiro atoms. The molecule has 0 aromatic heterocycles. The van der Waals surface area contributed by atoms with Crippen molar-refractivity contribution >= 4 is 0 Å². The predicted octanol–water partition coefficient (Wildman–Crippen LogP) is 1.56. The van der Waals surface area contributed by atoms with Crippen molar-refractivity contribution in [3.63, 3.8) is 0 Å². The average molecular weight is 181 g/mol. The average Bonchev–Trinajstić information content (AvgIpc) is 2.19. The molecule has 0 heterocycles. The Balaban J connectivity index is 2.24. The second-order valence-corrected chi connectivity index (χ2v) is 3.57. The van der Waals surface area contributed by atoms with E-state index < -0.39 is 0 Å². The predicted molar refractivity (Wildman–Crippen MR) is 54.5 cm³/mol. The molecule has 74 valence electrons. The molecule has 1 aliphatic rings. The van der Waals surface area contributed by atoms with Gasteiger partial charge in [-0.15, -0.1) is 12.3 Å². The third kappa shape index (κ3) is 3.38. The number of hydrogen-bond donors (Lipinski definition) is 1. The highest BCUT2D eigenvalue weighted by Crippen LogP contribution is 2.20. The summed E-state index contributed by atoms with van der Waals surface area (Å²) >= 11 is 0. The second kappa shape index (κ2) is 6.01. The number of terminal acetylenes is 1. The maximum atomic E-state index is 5.42. The maximum Gasteiger partial charge on any atom is 0.0724 e. The molecule has 2 unspecified atom stereocenters. The monoisotopic (exact) mass is 181 g/mol. The fourth-order valence-corrected chi connectivity index (χ4v) is 1.94. The molecule has 0 bridgehead atoms. The zero-order valence-corrected chi connectivity index (χ0v) is 8.38. The van der Waals surface area contributed by atoms with Gasteiger partial charge in [0.05, 0.1) is 6.10 Å². The highest BCUT2D eigenvalue weighted by molar-refractivity contribution is 4.87. The summed E-state index contributed by atoms with van der Waals surface area (Å²) in [7, 11) is 1.80. The lowest BCUT2D eigenvalue weighted by atomic mass is 9.92. The van der Waals surface area contributed by atoms with Crippen LogP contribution in [0.25, 0.3) is 0 Å². The number of rotatable bonds is 4. The van der Waals surface area contributed by atoms with Crippen LogP contribution < -0.4 is 5.32 Å². The van der Waals surface area contributed by atoms with Crippen molar-refractivity contribution in [3.05, 3.63) is 0 Å². The molecule has 2 heteroatoms. The topological polar surface area (TPSA) is 21.3 Å². The standard InChI is InChI=1S/C11H19NO/c1-3-4-9-12-10-7-5-6-8-11(10)13-2/h1,10-12H,4-9H2,2H3. The van der Waals surface area contributed by atoms with Crippen molar-refractivity contribution in [2.45, 2.75) is 44.2 Å². The van der Waals surface area contributed by atoms with E-state index in [0.29, 0.717) is 12.1 Å². The van der Waals surface area contributed by atoms with E-state index in [1.807, 2.05) is 0 Å². The summed E-state index contributed by atoms with van der Waals surface area (Å²) in [5.41, 5.74) is 0. The minimum atomic E-state index is 0.395. The van der Waals surface area contributed by atoms with Crippen molar-refractivity contribution in [2.24, 2.45) is 0 Å². The molecule has 0 aromatic rings. The van der Waals surface area contributed by atoms with Crippen molar-refractivity contribution in [3.8, 4) is 12.3 Å². The number of ether oxygens (including phenoxy) is 1. The van der Waals surface area contributed by atoms with Gasteiger partial charge >= 0.3 is 0 Å². The Morgan fingerprint density at radius 3 is 2.92 bits per heavy atom. The molecular formula is C11H19NO. The Hall–Kier alpha value is -0.520. The van der Waals surface area contributed by atoms with Gasteiger partial charge in [0.1, 0.15) is 0 Å². The Morgan fingerprint density at radius 2 is 2.23 bits per heavy atom. The summed E-state index contributed by atoms with van der Waals surface area (Å²) in [6, 6.07) is 0.520. The maximum absolute atomic E-state index is 5.42. The van der Waals surface area contributed by atoms with E-state index in [1.54, 1.807) is 7.11 Å². The van der Waals surface area contributed by atoms with E-state index in [4.69, 9.17) is 11.2 Å². The summed E-state index contributed by atoms with van der Waals surface area (Å²) in [5, 5.41) is 3.46. The minimum absolute atomic E-state index is 0.395. The van der Waals surface area contributed by atoms with Crippen molar-refractivity contribution in [2.75, 3.05) is 13.7 Å². The highest BCUT2D eigenvalue weighted by atomic mass is 16.5. The van der Waals surface area contributed by atoms with Crippen LogP contribution in [0.5, 0.6) is 0 Å². The zero-order valence-electron chi connectivity index (χ0n) is 8.38. The molecule has 0 aliphatic heterocycles. The third-order valence-electron chi connectivity index (χ3n) is 2.68. The molecule has 1 rings (SSSR count). The van der Waals surface area contributed by atoms with Crippen molar-refractivity contribution in [1.82, 2.24) is 5.32 Å².